The molecular weight excluding hydrogens is 364 g/mol. The number of carbonyl (C=O) groups is 1. The van der Waals surface area contributed by atoms with Crippen molar-refractivity contribution in [3.05, 3.63) is 72.2 Å². The molecule has 148 valence electrons. The number of para-hydroxylation sites is 3. The molecule has 2 heterocycles. The first kappa shape index (κ1) is 18.9. The van der Waals surface area contributed by atoms with E-state index in [1.54, 1.807) is 13.0 Å². The Hall–Kier alpha value is -3.41. The Balaban J connectivity index is 1.57. The first-order chi connectivity index (χ1) is 14.2. The SMILES string of the molecule is Cc1nc(Nc2ccccc2Oc2ccccc2)cc(C(=O)N2CCCCC2)n1. The highest BCUT2D eigenvalue weighted by Crippen LogP contribution is 2.31. The van der Waals surface area contributed by atoms with E-state index in [4.69, 9.17) is 4.74 Å². The molecule has 0 spiro atoms. The van der Waals surface area contributed by atoms with E-state index in [9.17, 15) is 4.79 Å². The summed E-state index contributed by atoms with van der Waals surface area (Å²) in [6, 6.07) is 19.0. The molecule has 3 aromatic rings. The first-order valence-corrected chi connectivity index (χ1v) is 9.93. The number of amides is 1. The maximum absolute atomic E-state index is 12.8. The van der Waals surface area contributed by atoms with Crippen LogP contribution in [0.2, 0.25) is 0 Å². The number of nitrogens with zero attached hydrogens (tertiary/aromatic N) is 3. The number of hydrogen-bond donors (Lipinski definition) is 1. The van der Waals surface area contributed by atoms with Gasteiger partial charge in [0.05, 0.1) is 5.69 Å². The Morgan fingerprint density at radius 1 is 0.966 bits per heavy atom. The first-order valence-electron chi connectivity index (χ1n) is 9.93. The second-order valence-corrected chi connectivity index (χ2v) is 7.07. The summed E-state index contributed by atoms with van der Waals surface area (Å²) < 4.78 is 6.00. The fourth-order valence-corrected chi connectivity index (χ4v) is 3.41. The smallest absolute Gasteiger partial charge is 0.272 e. The van der Waals surface area contributed by atoms with E-state index in [1.165, 1.54) is 6.42 Å². The summed E-state index contributed by atoms with van der Waals surface area (Å²) in [4.78, 5) is 23.5. The van der Waals surface area contributed by atoms with Crippen molar-refractivity contribution in [2.75, 3.05) is 18.4 Å². The van der Waals surface area contributed by atoms with Crippen LogP contribution in [0.15, 0.2) is 60.7 Å². The largest absolute Gasteiger partial charge is 0.455 e. The molecule has 0 saturated carbocycles. The minimum Gasteiger partial charge on any atom is -0.455 e. The summed E-state index contributed by atoms with van der Waals surface area (Å²) >= 11 is 0. The number of aromatic nitrogens is 2. The molecule has 1 amide bonds. The van der Waals surface area contributed by atoms with Crippen molar-refractivity contribution < 1.29 is 9.53 Å². The number of rotatable bonds is 5. The van der Waals surface area contributed by atoms with Gasteiger partial charge in [-0.15, -0.1) is 0 Å². The number of benzene rings is 2. The number of likely N-dealkylation sites (tertiary alicyclic amines) is 1. The van der Waals surface area contributed by atoms with E-state index in [0.717, 1.165) is 37.4 Å². The van der Waals surface area contributed by atoms with Crippen LogP contribution in [0.1, 0.15) is 35.6 Å². The maximum atomic E-state index is 12.8. The Morgan fingerprint density at radius 3 is 2.48 bits per heavy atom. The molecule has 1 aliphatic heterocycles. The number of piperidine rings is 1. The quantitative estimate of drug-likeness (QED) is 0.670. The summed E-state index contributed by atoms with van der Waals surface area (Å²) in [6.07, 6.45) is 3.27. The van der Waals surface area contributed by atoms with Crippen LogP contribution in [-0.2, 0) is 0 Å². The summed E-state index contributed by atoms with van der Waals surface area (Å²) in [7, 11) is 0. The van der Waals surface area contributed by atoms with E-state index in [2.05, 4.69) is 15.3 Å². The van der Waals surface area contributed by atoms with E-state index in [1.807, 2.05) is 59.5 Å². The Morgan fingerprint density at radius 2 is 1.69 bits per heavy atom. The van der Waals surface area contributed by atoms with Crippen molar-refractivity contribution in [1.29, 1.82) is 0 Å². The normalized spacial score (nSPS) is 13.8. The Labute approximate surface area is 170 Å². The van der Waals surface area contributed by atoms with Gasteiger partial charge in [-0.2, -0.15) is 0 Å². The standard InChI is InChI=1S/C23H24N4O2/c1-17-24-20(23(28)27-14-8-3-9-15-27)16-22(25-17)26-19-12-6-7-13-21(19)29-18-10-4-2-5-11-18/h2,4-7,10-13,16H,3,8-9,14-15H2,1H3,(H,24,25,26). The molecule has 0 atom stereocenters. The lowest BCUT2D eigenvalue weighted by molar-refractivity contribution is 0.0718. The van der Waals surface area contributed by atoms with Crippen LogP contribution in [0, 0.1) is 6.92 Å². The van der Waals surface area contributed by atoms with Crippen molar-refractivity contribution in [2.24, 2.45) is 0 Å². The molecule has 0 aliphatic carbocycles. The lowest BCUT2D eigenvalue weighted by Gasteiger charge is -2.26. The van der Waals surface area contributed by atoms with Crippen LogP contribution in [0.5, 0.6) is 11.5 Å². The summed E-state index contributed by atoms with van der Waals surface area (Å²) in [5, 5.41) is 3.28. The van der Waals surface area contributed by atoms with Crippen LogP contribution < -0.4 is 10.1 Å². The average molecular weight is 388 g/mol. The van der Waals surface area contributed by atoms with Crippen LogP contribution in [0.25, 0.3) is 0 Å². The minimum absolute atomic E-state index is 0.0351. The number of nitrogens with one attached hydrogen (secondary N) is 1. The number of anilines is 2. The van der Waals surface area contributed by atoms with Crippen LogP contribution >= 0.6 is 0 Å². The van der Waals surface area contributed by atoms with Gasteiger partial charge in [-0.05, 0) is 50.5 Å². The number of hydrogen-bond acceptors (Lipinski definition) is 5. The molecule has 6 nitrogen and oxygen atoms in total. The van der Waals surface area contributed by atoms with Gasteiger partial charge in [-0.25, -0.2) is 9.97 Å². The van der Waals surface area contributed by atoms with Gasteiger partial charge in [0.2, 0.25) is 0 Å². The molecule has 29 heavy (non-hydrogen) atoms. The molecule has 1 fully saturated rings. The zero-order valence-electron chi connectivity index (χ0n) is 16.5. The zero-order valence-corrected chi connectivity index (χ0v) is 16.5. The molecule has 0 bridgehead atoms. The highest BCUT2D eigenvalue weighted by atomic mass is 16.5. The lowest BCUT2D eigenvalue weighted by Crippen LogP contribution is -2.36. The van der Waals surface area contributed by atoms with Gasteiger partial charge in [-0.1, -0.05) is 30.3 Å². The van der Waals surface area contributed by atoms with Gasteiger partial charge in [0.15, 0.2) is 5.75 Å². The monoisotopic (exact) mass is 388 g/mol. The zero-order chi connectivity index (χ0) is 20.1. The fourth-order valence-electron chi connectivity index (χ4n) is 3.41. The maximum Gasteiger partial charge on any atom is 0.272 e. The predicted octanol–water partition coefficient (Wildman–Crippen LogP) is 4.95. The summed E-state index contributed by atoms with van der Waals surface area (Å²) in [5.74, 6) is 2.52. The highest BCUT2D eigenvalue weighted by molar-refractivity contribution is 5.93. The summed E-state index contributed by atoms with van der Waals surface area (Å²) in [5.41, 5.74) is 1.19. The molecule has 1 saturated heterocycles. The highest BCUT2D eigenvalue weighted by Gasteiger charge is 2.20. The fraction of sp³-hybridized carbons (Fsp3) is 0.261. The predicted molar refractivity (Wildman–Crippen MR) is 113 cm³/mol. The van der Waals surface area contributed by atoms with Gasteiger partial charge in [0, 0.05) is 19.2 Å². The molecule has 2 aromatic carbocycles. The third-order valence-corrected chi connectivity index (χ3v) is 4.82. The van der Waals surface area contributed by atoms with Crippen molar-refractivity contribution in [3.8, 4) is 11.5 Å². The number of ether oxygens (including phenoxy) is 1. The van der Waals surface area contributed by atoms with E-state index in [0.29, 0.717) is 23.1 Å². The molecule has 1 aliphatic rings. The third kappa shape index (κ3) is 4.71. The second kappa shape index (κ2) is 8.73. The third-order valence-electron chi connectivity index (χ3n) is 4.82. The molecule has 1 N–H and O–H groups in total. The van der Waals surface area contributed by atoms with Gasteiger partial charge in [-0.3, -0.25) is 4.79 Å². The molecule has 0 radical (unpaired) electrons. The molecular formula is C23H24N4O2. The van der Waals surface area contributed by atoms with Gasteiger partial charge < -0.3 is 15.0 Å². The van der Waals surface area contributed by atoms with Crippen molar-refractivity contribution >= 4 is 17.4 Å². The van der Waals surface area contributed by atoms with Gasteiger partial charge in [0.25, 0.3) is 5.91 Å². The minimum atomic E-state index is -0.0351. The molecule has 6 heteroatoms. The lowest BCUT2D eigenvalue weighted by atomic mass is 10.1. The average Bonchev–Trinajstić information content (AvgIpc) is 2.75. The Bertz CT molecular complexity index is 985. The molecule has 1 aromatic heterocycles. The van der Waals surface area contributed by atoms with Crippen LogP contribution in [0.3, 0.4) is 0 Å². The van der Waals surface area contributed by atoms with Crippen molar-refractivity contribution in [3.63, 3.8) is 0 Å². The van der Waals surface area contributed by atoms with E-state index < -0.39 is 0 Å². The molecule has 0 unspecified atom stereocenters. The topological polar surface area (TPSA) is 67.4 Å². The van der Waals surface area contributed by atoms with Crippen LogP contribution in [-0.4, -0.2) is 33.9 Å². The van der Waals surface area contributed by atoms with E-state index in [-0.39, 0.29) is 5.91 Å². The summed E-state index contributed by atoms with van der Waals surface area (Å²) in [6.45, 7) is 3.38. The second-order valence-electron chi connectivity index (χ2n) is 7.07. The van der Waals surface area contributed by atoms with Crippen molar-refractivity contribution in [1.82, 2.24) is 14.9 Å². The number of carbonyl (C=O) groups excluding carboxylic acids is 1. The van der Waals surface area contributed by atoms with Crippen LogP contribution in [0.4, 0.5) is 11.5 Å². The number of aryl methyl sites for hydroxylation is 1. The van der Waals surface area contributed by atoms with Gasteiger partial charge >= 0.3 is 0 Å². The Kier molecular flexibility index (Phi) is 5.70. The van der Waals surface area contributed by atoms with E-state index >= 15 is 0 Å². The molecule has 4 rings (SSSR count). The van der Waals surface area contributed by atoms with Crippen molar-refractivity contribution in [2.45, 2.75) is 26.2 Å². The van der Waals surface area contributed by atoms with Gasteiger partial charge in [0.1, 0.15) is 23.1 Å².